The molecule has 15 rings (SSSR count). The number of carbonyl (C=O) groups excluding carboxylic acids is 2. The summed E-state index contributed by atoms with van der Waals surface area (Å²) >= 11 is 0. The van der Waals surface area contributed by atoms with Crippen molar-refractivity contribution in [3.8, 4) is 5.75 Å². The maximum Gasteiger partial charge on any atom is 0.416 e. The van der Waals surface area contributed by atoms with Crippen molar-refractivity contribution in [2.45, 2.75) is 156 Å². The van der Waals surface area contributed by atoms with E-state index in [9.17, 15) is 14.3 Å². The summed E-state index contributed by atoms with van der Waals surface area (Å²) in [5, 5.41) is 15.6. The van der Waals surface area contributed by atoms with Crippen molar-refractivity contribution in [1.29, 1.82) is 0 Å². The lowest BCUT2D eigenvalue weighted by atomic mass is 9.85. The van der Waals surface area contributed by atoms with Crippen molar-refractivity contribution in [2.24, 2.45) is 5.92 Å². The summed E-state index contributed by atoms with van der Waals surface area (Å²) in [6.07, 6.45) is -13.3. The van der Waals surface area contributed by atoms with Gasteiger partial charge in [0, 0.05) is 11.3 Å². The molecule has 0 bridgehead atoms. The second-order valence-corrected chi connectivity index (χ2v) is 33.3. The molecule has 3 aliphatic rings. The summed E-state index contributed by atoms with van der Waals surface area (Å²) in [7, 11) is -4.63. The van der Waals surface area contributed by atoms with Crippen molar-refractivity contribution < 1.29 is 84.3 Å². The number of cyclic esters (lactones) is 1. The Hall–Kier alpha value is -11.4. The molecule has 640 valence electrons. The zero-order valence-electron chi connectivity index (χ0n) is 68.8. The smallest absolute Gasteiger partial charge is 0.416 e. The van der Waals surface area contributed by atoms with Gasteiger partial charge in [-0.15, -0.1) is 0 Å². The fourth-order valence-electron chi connectivity index (χ4n) is 16.0. The van der Waals surface area contributed by atoms with Gasteiger partial charge in [-0.3, -0.25) is 4.79 Å². The lowest BCUT2D eigenvalue weighted by Gasteiger charge is -2.50. The van der Waals surface area contributed by atoms with E-state index in [1.54, 1.807) is 6.07 Å². The minimum Gasteiger partial charge on any atom is -0.488 e. The number of aliphatic hydroxyl groups is 1. The molecule has 2 amide bonds. The molecule has 4 unspecified atom stereocenters. The highest BCUT2D eigenvalue weighted by atomic mass is 32.2. The first kappa shape index (κ1) is 87.5. The number of hydrogen-bond acceptors (Lipinski definition) is 18. The molecule has 2 N–H and O–H groups in total. The first-order chi connectivity index (χ1) is 60.9. The number of amides is 2. The van der Waals surface area contributed by atoms with Crippen molar-refractivity contribution in [3.63, 3.8) is 0 Å². The molecule has 0 saturated carbocycles. The lowest BCUT2D eigenvalue weighted by molar-refractivity contribution is -0.362. The van der Waals surface area contributed by atoms with Crippen LogP contribution in [0.3, 0.4) is 0 Å². The van der Waals surface area contributed by atoms with Gasteiger partial charge in [-0.05, 0) is 111 Å². The van der Waals surface area contributed by atoms with E-state index >= 15 is 13.2 Å². The summed E-state index contributed by atoms with van der Waals surface area (Å²) in [6, 6.07) is 104. The van der Waals surface area contributed by atoms with E-state index in [4.69, 9.17) is 56.8 Å². The Bertz CT molecular complexity index is 5330. The molecule has 3 aliphatic heterocycles. The number of halogens is 1. The van der Waals surface area contributed by atoms with Crippen LogP contribution in [0, 0.1) is 11.7 Å². The average molecular weight is 1690 g/mol. The Kier molecular flexibility index (Phi) is 31.3. The number of imide groups is 1. The van der Waals surface area contributed by atoms with Gasteiger partial charge in [0.1, 0.15) is 79.7 Å². The van der Waals surface area contributed by atoms with Crippen LogP contribution in [-0.2, 0) is 126 Å². The van der Waals surface area contributed by atoms with Crippen LogP contribution in [0.25, 0.3) is 0 Å². The number of sulfone groups is 1. The molecule has 124 heavy (non-hydrogen) atoms. The molecule has 14 atom stereocenters. The van der Waals surface area contributed by atoms with Crippen molar-refractivity contribution in [3.05, 3.63) is 413 Å². The monoisotopic (exact) mass is 1690 g/mol. The number of nitrogens with one attached hydrogen (secondary N) is 1. The van der Waals surface area contributed by atoms with E-state index in [1.807, 2.05) is 303 Å². The van der Waals surface area contributed by atoms with Crippen molar-refractivity contribution in [2.75, 3.05) is 30.9 Å². The lowest BCUT2D eigenvalue weighted by Crippen LogP contribution is -2.66. The highest BCUT2D eigenvalue weighted by Gasteiger charge is 2.56. The third kappa shape index (κ3) is 24.1. The van der Waals surface area contributed by atoms with Gasteiger partial charge in [0.25, 0.3) is 0 Å². The molecule has 12 aromatic rings. The highest BCUT2D eigenvalue weighted by molar-refractivity contribution is 7.91. The Balaban J connectivity index is 0.844. The van der Waals surface area contributed by atoms with Crippen LogP contribution >= 0.6 is 0 Å². The van der Waals surface area contributed by atoms with E-state index in [2.05, 4.69) is 5.32 Å². The number of benzene rings is 12. The number of ether oxygens (including phenoxy) is 12. The van der Waals surface area contributed by atoms with Gasteiger partial charge >= 0.3 is 6.09 Å². The molecule has 12 aromatic carbocycles. The fraction of sp³-hybridized carbons (Fsp3) is 0.282. The number of hydrogen-bond donors (Lipinski definition) is 2. The van der Waals surface area contributed by atoms with Gasteiger partial charge in [-0.2, -0.15) is 0 Å². The Morgan fingerprint density at radius 1 is 0.435 bits per heavy atom. The largest absolute Gasteiger partial charge is 0.488 e. The molecular formula is C103H103FN2O17S. The second-order valence-electron chi connectivity index (χ2n) is 31.3. The van der Waals surface area contributed by atoms with Crippen LogP contribution in [0.1, 0.15) is 86.2 Å². The van der Waals surface area contributed by atoms with E-state index in [0.29, 0.717) is 16.8 Å². The van der Waals surface area contributed by atoms with Gasteiger partial charge in [0.15, 0.2) is 16.1 Å². The zero-order valence-corrected chi connectivity index (χ0v) is 69.6. The predicted octanol–water partition coefficient (Wildman–Crippen LogP) is 18.3. The molecule has 3 heterocycles. The fourth-order valence-corrected chi connectivity index (χ4v) is 17.5. The third-order valence-corrected chi connectivity index (χ3v) is 24.2. The van der Waals surface area contributed by atoms with E-state index in [0.717, 1.165) is 55.0 Å². The Morgan fingerprint density at radius 3 is 1.30 bits per heavy atom. The summed E-state index contributed by atoms with van der Waals surface area (Å²) in [4.78, 5) is 31.4. The molecule has 3 saturated heterocycles. The highest BCUT2D eigenvalue weighted by Crippen LogP contribution is 2.43. The molecule has 3 fully saturated rings. The van der Waals surface area contributed by atoms with Gasteiger partial charge < -0.3 is 67.3 Å². The Labute approximate surface area is 724 Å². The number of aliphatic hydroxyl groups excluding tert-OH is 1. The molecule has 0 radical (unpaired) electrons. The van der Waals surface area contributed by atoms with Gasteiger partial charge in [-0.1, -0.05) is 309 Å². The predicted molar refractivity (Wildman–Crippen MR) is 468 cm³/mol. The van der Waals surface area contributed by atoms with Gasteiger partial charge in [0.05, 0.1) is 94.2 Å². The maximum absolute atomic E-state index is 16.6. The van der Waals surface area contributed by atoms with Crippen molar-refractivity contribution in [1.82, 2.24) is 4.90 Å². The number of nitrogens with zero attached hydrogens (tertiary/aromatic N) is 1. The third-order valence-electron chi connectivity index (χ3n) is 22.5. The Morgan fingerprint density at radius 2 is 0.831 bits per heavy atom. The van der Waals surface area contributed by atoms with E-state index < -0.39 is 119 Å². The normalized spacial score (nSPS) is 20.9. The standard InChI is InChI=1S/C103H103FN2O17S/c104-83-53-51-82(52-54-83)89(107)58-57-88(101(108)106-85(69-120-103(106)109)59-73-31-11-1-12-32-73)94(105-84-49-29-10-30-50-84)87-56-55-86(60-90(87)114-63-76-37-17-4-18-38-76)124(110,111)72-93-96(116-65-78-41-21-6-22-42-78)98(117-66-79-43-23-7-24-44-79)97(92(121-93)71-113-62-75-35-15-3-16-36-75)123-102-100(119-68-81-47-27-9-28-48-81)99(118-67-80-45-25-8-26-46-80)95(115-64-77-39-19-5-20-40-77)91(122-102)70-112-61-74-33-13-2-14-34-74/h1-56,60,85,88-89,91-100,102,105,107H,57-59,61-72H2/t85-,88+,89-,91?,92?,93-,94+,95-,96?,97-,98+,99-,100?,102-/m0/s1. The van der Waals surface area contributed by atoms with Crippen LogP contribution in [0.5, 0.6) is 5.75 Å². The number of para-hydroxylation sites is 1. The quantitative estimate of drug-likeness (QED) is 0.0364. The summed E-state index contributed by atoms with van der Waals surface area (Å²) in [5.74, 6) is -2.97. The molecule has 19 nitrogen and oxygen atoms in total. The zero-order chi connectivity index (χ0) is 85.1. The average Bonchev–Trinajstić information content (AvgIpc) is 0.892. The molecule has 21 heteroatoms. The number of anilines is 1. The number of rotatable bonds is 42. The van der Waals surface area contributed by atoms with E-state index in [-0.39, 0.29) is 103 Å². The van der Waals surface area contributed by atoms with Crippen LogP contribution in [0.2, 0.25) is 0 Å². The second kappa shape index (κ2) is 44.3. The number of carbonyl (C=O) groups is 2. The van der Waals surface area contributed by atoms with Gasteiger partial charge in [0.2, 0.25) is 5.91 Å². The first-order valence-corrected chi connectivity index (χ1v) is 43.8. The van der Waals surface area contributed by atoms with Crippen molar-refractivity contribution >= 4 is 27.5 Å². The summed E-state index contributed by atoms with van der Waals surface area (Å²) in [6.45, 7) is 0.373. The molecule has 0 aromatic heterocycles. The SMILES string of the molecule is O=C1OC[C@H](Cc2ccccc2)N1C(=O)[C@H](CC[C@H](O)c1ccc(F)cc1)[C@H](Nc1ccccc1)c1ccc(S(=O)(=O)C[C@@H]2OC(COCc3ccccc3)[C@H](O[C@@H]3OC(COCc4ccccc4)[C@H](OCc4ccccc4)[C@H](OCc4ccccc4)C3OCc3ccccc3)[C@H](OCc3ccccc3)C2OCc2ccccc2)cc1OCc1ccccc1. The molecule has 0 aliphatic carbocycles. The maximum atomic E-state index is 16.6. The molecule has 0 spiro atoms. The summed E-state index contributed by atoms with van der Waals surface area (Å²) in [5.41, 5.74) is 8.94. The van der Waals surface area contributed by atoms with Crippen LogP contribution in [0.15, 0.2) is 351 Å². The minimum absolute atomic E-state index is 0.00279. The summed E-state index contributed by atoms with van der Waals surface area (Å²) < 4.78 is 133. The minimum atomic E-state index is -4.63. The molecular weight excluding hydrogens is 1590 g/mol. The van der Waals surface area contributed by atoms with Crippen LogP contribution in [-0.4, -0.2) is 123 Å². The topological polar surface area (TPSA) is 215 Å². The van der Waals surface area contributed by atoms with Gasteiger partial charge in [-0.25, -0.2) is 22.5 Å². The van der Waals surface area contributed by atoms with E-state index in [1.165, 1.54) is 36.4 Å². The van der Waals surface area contributed by atoms with Crippen LogP contribution in [0.4, 0.5) is 14.9 Å². The van der Waals surface area contributed by atoms with Crippen LogP contribution < -0.4 is 10.1 Å². The first-order valence-electron chi connectivity index (χ1n) is 42.2.